The first kappa shape index (κ1) is 51.5. The Kier molecular flexibility index (Phi) is 13.5. The molecule has 84 heavy (non-hydrogen) atoms. The smallest absolute Gasteiger partial charge is 0.0538 e. The quantitative estimate of drug-likeness (QED) is 0.114. The Morgan fingerprint density at radius 3 is 0.786 bits per heavy atom. The third-order valence-corrected chi connectivity index (χ3v) is 16.6. The van der Waals surface area contributed by atoms with E-state index in [9.17, 15) is 0 Å². The Bertz CT molecular complexity index is 4300. The number of benzene rings is 12. The lowest BCUT2D eigenvalue weighted by Crippen LogP contribution is -2.10. The van der Waals surface area contributed by atoms with Gasteiger partial charge in [0.1, 0.15) is 0 Å². The van der Waals surface area contributed by atoms with Crippen molar-refractivity contribution in [2.24, 2.45) is 0 Å². The van der Waals surface area contributed by atoms with Crippen molar-refractivity contribution in [1.29, 1.82) is 0 Å². The number of hydrogen-bond donors (Lipinski definition) is 0. The van der Waals surface area contributed by atoms with Crippen molar-refractivity contribution in [3.8, 4) is 67.0 Å². The first-order valence-electron chi connectivity index (χ1n) is 29.0. The number of rotatable bonds is 13. The first-order valence-corrected chi connectivity index (χ1v) is 29.0. The molecule has 0 unspecified atom stereocenters. The summed E-state index contributed by atoms with van der Waals surface area (Å²) in [4.78, 5) is 4.69. The van der Waals surface area contributed by atoms with Gasteiger partial charge in [0.15, 0.2) is 0 Å². The summed E-state index contributed by atoms with van der Waals surface area (Å²) >= 11 is 0. The van der Waals surface area contributed by atoms with E-state index in [0.717, 1.165) is 56.5 Å². The molecule has 0 aliphatic heterocycles. The Labute approximate surface area is 492 Å². The van der Waals surface area contributed by atoms with Gasteiger partial charge < -0.3 is 18.9 Å². The number of anilines is 6. The molecule has 2 heterocycles. The molecule has 0 aliphatic carbocycles. The molecule has 2 aromatic heterocycles. The van der Waals surface area contributed by atoms with E-state index in [1.807, 2.05) is 0 Å². The van der Waals surface area contributed by atoms with E-state index < -0.39 is 0 Å². The average molecular weight is 1080 g/mol. The number of aryl methyl sites for hydroxylation is 2. The van der Waals surface area contributed by atoms with Gasteiger partial charge in [-0.2, -0.15) is 0 Å². The molecule has 0 radical (unpaired) electrons. The van der Waals surface area contributed by atoms with Gasteiger partial charge in [0.2, 0.25) is 0 Å². The predicted molar refractivity (Wildman–Crippen MR) is 356 cm³/mol. The minimum absolute atomic E-state index is 1.09. The summed E-state index contributed by atoms with van der Waals surface area (Å²) in [5, 5.41) is 2.42. The Hall–Kier alpha value is -10.7. The normalized spacial score (nSPS) is 11.3. The zero-order valence-electron chi connectivity index (χ0n) is 47.7. The lowest BCUT2D eigenvalue weighted by molar-refractivity contribution is 1.05. The summed E-state index contributed by atoms with van der Waals surface area (Å²) in [5.41, 5.74) is 28.0. The van der Waals surface area contributed by atoms with Gasteiger partial charge in [0.25, 0.3) is 0 Å². The fourth-order valence-electron chi connectivity index (χ4n) is 12.5. The van der Waals surface area contributed by atoms with Gasteiger partial charge >= 0.3 is 0 Å². The lowest BCUT2D eigenvalue weighted by atomic mass is 9.96. The molecule has 0 fully saturated rings. The summed E-state index contributed by atoms with van der Waals surface area (Å²) in [6, 6.07) is 111. The second kappa shape index (κ2) is 22.0. The highest BCUT2D eigenvalue weighted by atomic mass is 15.1. The van der Waals surface area contributed by atoms with Crippen LogP contribution in [0.25, 0.3) is 88.8 Å². The van der Waals surface area contributed by atoms with Crippen molar-refractivity contribution in [2.75, 3.05) is 9.80 Å². The third-order valence-electron chi connectivity index (χ3n) is 16.6. The second-order valence-electron chi connectivity index (χ2n) is 22.0. The highest BCUT2D eigenvalue weighted by Gasteiger charge is 2.23. The average Bonchev–Trinajstić information content (AvgIpc) is 4.16. The molecule has 4 nitrogen and oxygen atoms in total. The molecule has 0 atom stereocenters. The molecule has 0 spiro atoms. The Morgan fingerprint density at radius 2 is 0.476 bits per heavy atom. The van der Waals surface area contributed by atoms with Gasteiger partial charge in [0, 0.05) is 78.8 Å². The highest BCUT2D eigenvalue weighted by molar-refractivity contribution is 6.04. The molecule has 0 amide bonds. The van der Waals surface area contributed by atoms with Gasteiger partial charge in [-0.3, -0.25) is 0 Å². The summed E-state index contributed by atoms with van der Waals surface area (Å²) in [7, 11) is 0. The minimum Gasteiger partial charge on any atom is -0.313 e. The highest BCUT2D eigenvalue weighted by Crippen LogP contribution is 2.44. The largest absolute Gasteiger partial charge is 0.313 e. The van der Waals surface area contributed by atoms with Crippen LogP contribution in [0.5, 0.6) is 0 Å². The van der Waals surface area contributed by atoms with Crippen LogP contribution in [-0.4, -0.2) is 9.13 Å². The second-order valence-corrected chi connectivity index (χ2v) is 22.0. The first-order chi connectivity index (χ1) is 41.3. The van der Waals surface area contributed by atoms with Crippen LogP contribution in [0.1, 0.15) is 22.5 Å². The van der Waals surface area contributed by atoms with Gasteiger partial charge in [-0.05, 0) is 194 Å². The van der Waals surface area contributed by atoms with Crippen molar-refractivity contribution in [3.05, 3.63) is 326 Å². The van der Waals surface area contributed by atoms with E-state index in [4.69, 9.17) is 0 Å². The van der Waals surface area contributed by atoms with E-state index >= 15 is 0 Å². The van der Waals surface area contributed by atoms with E-state index in [1.165, 1.54) is 88.9 Å². The molecular formula is C80H62N4. The van der Waals surface area contributed by atoms with E-state index in [1.54, 1.807) is 0 Å². The van der Waals surface area contributed by atoms with E-state index in [2.05, 4.69) is 350 Å². The van der Waals surface area contributed by atoms with Gasteiger partial charge in [0.05, 0.1) is 11.0 Å². The number of hydrogen-bond acceptors (Lipinski definition) is 2. The standard InChI is InChI=1S/C80H62N4/c1-55-25-35-69(36-26-55)83(71-39-29-61(30-40-71)59-17-9-5-10-18-59)73-47-43-67(44-48-73)81-57(3)79(63-21-13-7-14-22-63)75-53-65(33-51-77(75)81)66-34-52-78-76(54-66)80(64-23-15-8-16-24-64)58(4)82(78)68-45-49-74(50-46-68)84(70-37-27-56(2)28-38-70)72-41-31-62(32-42-72)60-19-11-6-12-20-60/h5-54H,1-4H3. The fraction of sp³-hybridized carbons (Fsp3) is 0.0500. The molecule has 0 N–H and O–H groups in total. The maximum Gasteiger partial charge on any atom is 0.0538 e. The van der Waals surface area contributed by atoms with Gasteiger partial charge in [-0.15, -0.1) is 0 Å². The van der Waals surface area contributed by atoms with Crippen LogP contribution in [0.4, 0.5) is 34.1 Å². The zero-order chi connectivity index (χ0) is 56.7. The van der Waals surface area contributed by atoms with Crippen molar-refractivity contribution < 1.29 is 0 Å². The van der Waals surface area contributed by atoms with E-state index in [-0.39, 0.29) is 0 Å². The molecule has 0 aliphatic rings. The van der Waals surface area contributed by atoms with Crippen LogP contribution in [0.3, 0.4) is 0 Å². The third kappa shape index (κ3) is 9.63. The maximum atomic E-state index is 2.43. The van der Waals surface area contributed by atoms with Crippen LogP contribution >= 0.6 is 0 Å². The SMILES string of the molecule is Cc1ccc(N(c2ccc(-c3ccccc3)cc2)c2ccc(-n3c(C)c(-c4ccccc4)c4cc(-c5ccc6c(c5)c(-c5ccccc5)c(C)n6-c5ccc(N(c6ccc(C)cc6)c6ccc(-c7ccccc7)cc6)cc5)ccc43)cc2)cc1. The minimum atomic E-state index is 1.09. The maximum absolute atomic E-state index is 2.43. The van der Waals surface area contributed by atoms with Crippen LogP contribution < -0.4 is 9.80 Å². The van der Waals surface area contributed by atoms with E-state index in [0.29, 0.717) is 0 Å². The topological polar surface area (TPSA) is 16.3 Å². The molecule has 14 aromatic rings. The monoisotopic (exact) mass is 1080 g/mol. The Morgan fingerprint density at radius 1 is 0.226 bits per heavy atom. The zero-order valence-corrected chi connectivity index (χ0v) is 47.7. The van der Waals surface area contributed by atoms with Crippen molar-refractivity contribution in [1.82, 2.24) is 9.13 Å². The van der Waals surface area contributed by atoms with Crippen LogP contribution in [0, 0.1) is 27.7 Å². The number of aromatic nitrogens is 2. The fourth-order valence-corrected chi connectivity index (χ4v) is 12.5. The predicted octanol–water partition coefficient (Wildman–Crippen LogP) is 22.1. The molecule has 4 heteroatoms. The molecule has 0 saturated heterocycles. The summed E-state index contributed by atoms with van der Waals surface area (Å²) in [6.07, 6.45) is 0. The van der Waals surface area contributed by atoms with Gasteiger partial charge in [-0.25, -0.2) is 0 Å². The van der Waals surface area contributed by atoms with Crippen LogP contribution in [0.2, 0.25) is 0 Å². The summed E-state index contributed by atoms with van der Waals surface area (Å²) < 4.78 is 4.87. The molecule has 0 saturated carbocycles. The molecule has 402 valence electrons. The lowest BCUT2D eigenvalue weighted by Gasteiger charge is -2.26. The summed E-state index contributed by atoms with van der Waals surface area (Å²) in [6.45, 7) is 8.81. The van der Waals surface area contributed by atoms with Crippen molar-refractivity contribution in [2.45, 2.75) is 27.7 Å². The molecular weight excluding hydrogens is 1020 g/mol. The van der Waals surface area contributed by atoms with Crippen molar-refractivity contribution in [3.63, 3.8) is 0 Å². The number of nitrogens with zero attached hydrogens (tertiary/aromatic N) is 4. The van der Waals surface area contributed by atoms with Crippen LogP contribution in [-0.2, 0) is 0 Å². The molecule has 12 aromatic carbocycles. The number of fused-ring (bicyclic) bond motifs is 2. The van der Waals surface area contributed by atoms with Crippen molar-refractivity contribution >= 4 is 55.9 Å². The van der Waals surface area contributed by atoms with Crippen LogP contribution in [0.15, 0.2) is 303 Å². The molecule has 0 bridgehead atoms. The van der Waals surface area contributed by atoms with Gasteiger partial charge in [-0.1, -0.05) is 193 Å². The summed E-state index contributed by atoms with van der Waals surface area (Å²) in [5.74, 6) is 0. The Balaban J connectivity index is 0.839. The molecule has 14 rings (SSSR count).